The molecule has 0 bridgehead atoms. The molecule has 1 aliphatic rings. The van der Waals surface area contributed by atoms with Gasteiger partial charge in [-0.2, -0.15) is 0 Å². The van der Waals surface area contributed by atoms with E-state index in [4.69, 9.17) is 9.47 Å². The van der Waals surface area contributed by atoms with Crippen molar-refractivity contribution in [2.75, 3.05) is 23.8 Å². The Morgan fingerprint density at radius 3 is 2.29 bits per heavy atom. The maximum absolute atomic E-state index is 13.1. The van der Waals surface area contributed by atoms with Gasteiger partial charge < -0.3 is 14.4 Å². The number of amides is 1. The highest BCUT2D eigenvalue weighted by molar-refractivity contribution is 9.10. The summed E-state index contributed by atoms with van der Waals surface area (Å²) in [6.07, 6.45) is 0.675. The molecule has 0 aromatic heterocycles. The zero-order chi connectivity index (χ0) is 20.6. The largest absolute Gasteiger partial charge is 0.497 e. The molecule has 0 fully saturated rings. The normalized spacial score (nSPS) is 15.9. The summed E-state index contributed by atoms with van der Waals surface area (Å²) in [6.45, 7) is 3.41. The first kappa shape index (κ1) is 20.5. The third-order valence-corrected chi connectivity index (χ3v) is 6.92. The third kappa shape index (κ3) is 3.81. The van der Waals surface area contributed by atoms with Crippen molar-refractivity contribution in [3.05, 3.63) is 40.4 Å². The van der Waals surface area contributed by atoms with Crippen LogP contribution in [0, 0.1) is 0 Å². The van der Waals surface area contributed by atoms with Crippen LogP contribution >= 0.6 is 15.9 Å². The van der Waals surface area contributed by atoms with Crippen molar-refractivity contribution in [3.63, 3.8) is 0 Å². The number of rotatable bonds is 5. The number of carbonyl (C=O) groups is 1. The third-order valence-electron chi connectivity index (χ3n) is 4.58. The fraction of sp³-hybridized carbons (Fsp3) is 0.316. The van der Waals surface area contributed by atoms with E-state index >= 15 is 0 Å². The molecule has 0 unspecified atom stereocenters. The van der Waals surface area contributed by atoms with E-state index in [0.717, 1.165) is 5.56 Å². The Bertz CT molecular complexity index is 1020. The van der Waals surface area contributed by atoms with Crippen molar-refractivity contribution in [1.29, 1.82) is 0 Å². The predicted octanol–water partition coefficient (Wildman–Crippen LogP) is 3.56. The molecule has 2 aromatic rings. The number of nitrogens with zero attached hydrogens (tertiary/aromatic N) is 1. The van der Waals surface area contributed by atoms with Gasteiger partial charge in [0, 0.05) is 41.3 Å². The molecule has 1 heterocycles. The van der Waals surface area contributed by atoms with E-state index in [1.807, 2.05) is 6.92 Å². The van der Waals surface area contributed by atoms with E-state index in [2.05, 4.69) is 20.7 Å². The second-order valence-electron chi connectivity index (χ2n) is 6.56. The molecule has 0 saturated carbocycles. The highest BCUT2D eigenvalue weighted by Crippen LogP contribution is 2.38. The number of hydrogen-bond donors (Lipinski definition) is 1. The molecule has 150 valence electrons. The summed E-state index contributed by atoms with van der Waals surface area (Å²) in [4.78, 5) is 13.7. The Morgan fingerprint density at radius 1 is 1.14 bits per heavy atom. The fourth-order valence-corrected chi connectivity index (χ4v) is 5.53. The fourth-order valence-electron chi connectivity index (χ4n) is 3.38. The number of carbonyl (C=O) groups excluding carboxylic acids is 1. The van der Waals surface area contributed by atoms with Crippen LogP contribution < -0.4 is 19.1 Å². The summed E-state index contributed by atoms with van der Waals surface area (Å²) < 4.78 is 39.5. The van der Waals surface area contributed by atoms with Crippen LogP contribution in [0.15, 0.2) is 39.7 Å². The topological polar surface area (TPSA) is 84.9 Å². The average Bonchev–Trinajstić information content (AvgIpc) is 2.94. The molecular weight excluding hydrogens is 448 g/mol. The molecule has 0 aliphatic carbocycles. The Labute approximate surface area is 172 Å². The smallest absolute Gasteiger partial charge is 0.263 e. The summed E-state index contributed by atoms with van der Waals surface area (Å²) in [6, 6.07) is 8.04. The van der Waals surface area contributed by atoms with Crippen LogP contribution in [0.5, 0.6) is 11.5 Å². The second-order valence-corrected chi connectivity index (χ2v) is 9.07. The molecule has 3 rings (SSSR count). The first-order valence-electron chi connectivity index (χ1n) is 8.54. The molecule has 0 radical (unpaired) electrons. The van der Waals surface area contributed by atoms with Gasteiger partial charge in [0.05, 0.1) is 19.9 Å². The Kier molecular flexibility index (Phi) is 5.58. The summed E-state index contributed by atoms with van der Waals surface area (Å²) in [5, 5.41) is 0. The highest BCUT2D eigenvalue weighted by Gasteiger charge is 2.32. The van der Waals surface area contributed by atoms with Crippen LogP contribution in [0.4, 0.5) is 11.4 Å². The van der Waals surface area contributed by atoms with Crippen LogP contribution in [0.25, 0.3) is 0 Å². The summed E-state index contributed by atoms with van der Waals surface area (Å²) in [5.74, 6) is 0.797. The molecule has 9 heteroatoms. The quantitative estimate of drug-likeness (QED) is 0.724. The standard InChI is InChI=1S/C19H21BrN2O5S/c1-11-5-13-6-17(20)19(10-18(13)22(11)12(2)23)28(24,25)21-14-7-15(26-3)9-16(8-14)27-4/h6-11,21H,5H2,1-4H3/t11-/m1/s1. The predicted molar refractivity (Wildman–Crippen MR) is 111 cm³/mol. The lowest BCUT2D eigenvalue weighted by atomic mass is 10.1. The molecule has 0 spiro atoms. The highest BCUT2D eigenvalue weighted by atomic mass is 79.9. The molecular formula is C19H21BrN2O5S. The molecule has 7 nitrogen and oxygen atoms in total. The minimum Gasteiger partial charge on any atom is -0.497 e. The summed E-state index contributed by atoms with van der Waals surface area (Å²) in [5.41, 5.74) is 1.85. The lowest BCUT2D eigenvalue weighted by Gasteiger charge is -2.21. The number of fused-ring (bicyclic) bond motifs is 1. The number of ether oxygens (including phenoxy) is 2. The van der Waals surface area contributed by atoms with Gasteiger partial charge in [0.1, 0.15) is 16.4 Å². The lowest BCUT2D eigenvalue weighted by Crippen LogP contribution is -2.33. The van der Waals surface area contributed by atoms with Gasteiger partial charge in [-0.3, -0.25) is 9.52 Å². The van der Waals surface area contributed by atoms with E-state index in [9.17, 15) is 13.2 Å². The number of hydrogen-bond acceptors (Lipinski definition) is 5. The molecule has 1 atom stereocenters. The Morgan fingerprint density at radius 2 is 1.75 bits per heavy atom. The zero-order valence-corrected chi connectivity index (χ0v) is 18.3. The Balaban J connectivity index is 2.03. The SMILES string of the molecule is COc1cc(NS(=O)(=O)c2cc3c(cc2Br)C[C@@H](C)N3C(C)=O)cc(OC)c1. The summed E-state index contributed by atoms with van der Waals surface area (Å²) >= 11 is 3.36. The summed E-state index contributed by atoms with van der Waals surface area (Å²) in [7, 11) is -0.953. The van der Waals surface area contributed by atoms with Crippen LogP contribution in [0.3, 0.4) is 0 Å². The van der Waals surface area contributed by atoms with Crippen LogP contribution in [-0.4, -0.2) is 34.6 Å². The van der Waals surface area contributed by atoms with Crippen molar-refractivity contribution in [1.82, 2.24) is 0 Å². The van der Waals surface area contributed by atoms with E-state index in [1.54, 1.807) is 29.2 Å². The minimum atomic E-state index is -3.93. The second kappa shape index (κ2) is 7.63. The molecule has 1 aliphatic heterocycles. The van der Waals surface area contributed by atoms with E-state index in [1.165, 1.54) is 27.2 Å². The maximum atomic E-state index is 13.1. The van der Waals surface area contributed by atoms with E-state index in [-0.39, 0.29) is 16.8 Å². The van der Waals surface area contributed by atoms with Crippen molar-refractivity contribution < 1.29 is 22.7 Å². The average molecular weight is 469 g/mol. The number of benzene rings is 2. The van der Waals surface area contributed by atoms with Gasteiger partial charge in [0.25, 0.3) is 10.0 Å². The number of nitrogens with one attached hydrogen (secondary N) is 1. The molecule has 28 heavy (non-hydrogen) atoms. The van der Waals surface area contributed by atoms with Gasteiger partial charge in [0.15, 0.2) is 0 Å². The van der Waals surface area contributed by atoms with Crippen molar-refractivity contribution in [3.8, 4) is 11.5 Å². The lowest BCUT2D eigenvalue weighted by molar-refractivity contribution is -0.116. The molecule has 1 N–H and O–H groups in total. The number of halogens is 1. The van der Waals surface area contributed by atoms with Gasteiger partial charge in [-0.15, -0.1) is 0 Å². The van der Waals surface area contributed by atoms with E-state index < -0.39 is 10.0 Å². The monoisotopic (exact) mass is 468 g/mol. The minimum absolute atomic E-state index is 0.0204. The van der Waals surface area contributed by atoms with Gasteiger partial charge in [-0.25, -0.2) is 8.42 Å². The van der Waals surface area contributed by atoms with Crippen LogP contribution in [-0.2, 0) is 21.2 Å². The molecule has 0 saturated heterocycles. The number of sulfonamides is 1. The van der Waals surface area contributed by atoms with Crippen LogP contribution in [0.2, 0.25) is 0 Å². The van der Waals surface area contributed by atoms with Crippen molar-refractivity contribution >= 4 is 43.2 Å². The molecule has 2 aromatic carbocycles. The van der Waals surface area contributed by atoms with Gasteiger partial charge >= 0.3 is 0 Å². The van der Waals surface area contributed by atoms with Gasteiger partial charge in [-0.05, 0) is 47.0 Å². The number of methoxy groups -OCH3 is 2. The van der Waals surface area contributed by atoms with Gasteiger partial charge in [0.2, 0.25) is 5.91 Å². The zero-order valence-electron chi connectivity index (χ0n) is 15.9. The first-order chi connectivity index (χ1) is 13.2. The number of anilines is 2. The molecule has 1 amide bonds. The van der Waals surface area contributed by atoms with Crippen LogP contribution in [0.1, 0.15) is 19.4 Å². The van der Waals surface area contributed by atoms with Crippen molar-refractivity contribution in [2.45, 2.75) is 31.2 Å². The first-order valence-corrected chi connectivity index (χ1v) is 10.8. The maximum Gasteiger partial charge on any atom is 0.263 e. The van der Waals surface area contributed by atoms with Crippen molar-refractivity contribution in [2.24, 2.45) is 0 Å². The van der Waals surface area contributed by atoms with E-state index in [0.29, 0.717) is 33.8 Å². The van der Waals surface area contributed by atoms with Gasteiger partial charge in [-0.1, -0.05) is 0 Å². The Hall–Kier alpha value is -2.26.